The lowest BCUT2D eigenvalue weighted by atomic mass is 10.0. The van der Waals surface area contributed by atoms with Gasteiger partial charge in [-0.1, -0.05) is 68.1 Å². The highest BCUT2D eigenvalue weighted by Crippen LogP contribution is 2.24. The second-order valence-electron chi connectivity index (χ2n) is 10.1. The first kappa shape index (κ1) is 31.5. The Bertz CT molecular complexity index is 1260. The molecule has 1 aliphatic heterocycles. The van der Waals surface area contributed by atoms with E-state index in [1.807, 2.05) is 30.3 Å². The van der Waals surface area contributed by atoms with Crippen molar-refractivity contribution < 1.29 is 28.8 Å². The van der Waals surface area contributed by atoms with E-state index in [4.69, 9.17) is 0 Å². The Labute approximate surface area is 244 Å². The summed E-state index contributed by atoms with van der Waals surface area (Å²) in [7, 11) is 1.49. The van der Waals surface area contributed by atoms with Gasteiger partial charge in [0, 0.05) is 26.9 Å². The number of thioether (sulfide) groups is 1. The zero-order valence-electron chi connectivity index (χ0n) is 23.6. The van der Waals surface area contributed by atoms with Gasteiger partial charge in [0.2, 0.25) is 17.7 Å². The molecule has 3 atom stereocenters. The molecule has 1 heterocycles. The molecule has 5 amide bonds. The maximum atomic E-state index is 13.3. The molecule has 0 aromatic heterocycles. The Kier molecular flexibility index (Phi) is 11.2. The number of carbonyl (C=O) groups excluding carboxylic acids is 6. The third-order valence-electron chi connectivity index (χ3n) is 6.74. The minimum absolute atomic E-state index is 0.0932. The SMILES string of the molecule is CNC(=O)[C@H](Cc1ccccc1)NC(=O)[C@@H](NC(=O)C(CCCN1C(=O)c2ccccc2C1=O)SC(C)=O)C(C)C. The molecular formula is C30H36N4O6S. The van der Waals surface area contributed by atoms with Crippen LogP contribution in [0.15, 0.2) is 54.6 Å². The van der Waals surface area contributed by atoms with Crippen LogP contribution >= 0.6 is 11.8 Å². The van der Waals surface area contributed by atoms with Crippen LogP contribution in [-0.2, 0) is 25.6 Å². The number of fused-ring (bicyclic) bond motifs is 1. The molecule has 0 spiro atoms. The van der Waals surface area contributed by atoms with E-state index >= 15 is 0 Å². The third-order valence-corrected chi connectivity index (χ3v) is 7.80. The van der Waals surface area contributed by atoms with Crippen LogP contribution in [0.25, 0.3) is 0 Å². The number of hydrogen-bond donors (Lipinski definition) is 3. The summed E-state index contributed by atoms with van der Waals surface area (Å²) < 4.78 is 0. The van der Waals surface area contributed by atoms with Crippen molar-refractivity contribution in [2.24, 2.45) is 5.92 Å². The van der Waals surface area contributed by atoms with Crippen LogP contribution in [0.3, 0.4) is 0 Å². The number of imide groups is 1. The number of carbonyl (C=O) groups is 6. The van der Waals surface area contributed by atoms with E-state index in [0.717, 1.165) is 22.2 Å². The van der Waals surface area contributed by atoms with Crippen molar-refractivity contribution in [3.63, 3.8) is 0 Å². The maximum absolute atomic E-state index is 13.3. The molecule has 11 heteroatoms. The van der Waals surface area contributed by atoms with Gasteiger partial charge in [-0.05, 0) is 36.5 Å². The molecule has 10 nitrogen and oxygen atoms in total. The van der Waals surface area contributed by atoms with Crippen molar-refractivity contribution in [2.75, 3.05) is 13.6 Å². The summed E-state index contributed by atoms with van der Waals surface area (Å²) in [6.45, 7) is 4.98. The van der Waals surface area contributed by atoms with Gasteiger partial charge < -0.3 is 16.0 Å². The molecule has 0 saturated carbocycles. The molecule has 3 N–H and O–H groups in total. The van der Waals surface area contributed by atoms with Crippen molar-refractivity contribution in [3.8, 4) is 0 Å². The first-order valence-corrected chi connectivity index (χ1v) is 14.4. The van der Waals surface area contributed by atoms with E-state index in [1.54, 1.807) is 38.1 Å². The molecule has 2 aromatic carbocycles. The van der Waals surface area contributed by atoms with Crippen LogP contribution < -0.4 is 16.0 Å². The largest absolute Gasteiger partial charge is 0.357 e. The normalized spacial score (nSPS) is 14.7. The molecule has 0 fully saturated rings. The Hall–Kier alpha value is -3.99. The molecular weight excluding hydrogens is 544 g/mol. The highest BCUT2D eigenvalue weighted by Gasteiger charge is 2.35. The summed E-state index contributed by atoms with van der Waals surface area (Å²) in [6, 6.07) is 14.0. The number of rotatable bonds is 13. The van der Waals surface area contributed by atoms with E-state index in [0.29, 0.717) is 11.1 Å². The lowest BCUT2D eigenvalue weighted by molar-refractivity contribution is -0.132. The molecule has 1 unspecified atom stereocenters. The molecule has 0 aliphatic carbocycles. The van der Waals surface area contributed by atoms with Crippen LogP contribution in [-0.4, -0.2) is 70.5 Å². The highest BCUT2D eigenvalue weighted by molar-refractivity contribution is 8.14. The molecule has 1 aliphatic rings. The standard InChI is InChI=1S/C30H36N4O6S/c1-18(2)25(28(38)32-23(26(36)31-4)17-20-11-6-5-7-12-20)33-27(37)24(41-19(3)35)15-10-16-34-29(39)21-13-8-9-14-22(21)30(34)40/h5-9,11-14,18,23-25H,10,15-17H2,1-4H3,(H,31,36)(H,32,38)(H,33,37)/t23-,24?,25-/m0/s1. The van der Waals surface area contributed by atoms with Crippen LogP contribution in [0, 0.1) is 5.92 Å². The number of benzene rings is 2. The highest BCUT2D eigenvalue weighted by atomic mass is 32.2. The Balaban J connectivity index is 1.65. The van der Waals surface area contributed by atoms with Gasteiger partial charge in [0.1, 0.15) is 12.1 Å². The maximum Gasteiger partial charge on any atom is 0.261 e. The van der Waals surface area contributed by atoms with Gasteiger partial charge in [-0.3, -0.25) is 33.7 Å². The van der Waals surface area contributed by atoms with Crippen molar-refractivity contribution in [3.05, 3.63) is 71.3 Å². The van der Waals surface area contributed by atoms with Gasteiger partial charge in [0.05, 0.1) is 16.4 Å². The summed E-state index contributed by atoms with van der Waals surface area (Å²) in [5.41, 5.74) is 1.55. The molecule has 3 rings (SSSR count). The predicted octanol–water partition coefficient (Wildman–Crippen LogP) is 2.33. The second-order valence-corrected chi connectivity index (χ2v) is 11.5. The minimum Gasteiger partial charge on any atom is -0.357 e. The second kappa shape index (κ2) is 14.6. The molecule has 41 heavy (non-hydrogen) atoms. The van der Waals surface area contributed by atoms with Gasteiger partial charge in [-0.25, -0.2) is 0 Å². The van der Waals surface area contributed by atoms with Crippen molar-refractivity contribution >= 4 is 46.4 Å². The Morgan fingerprint density at radius 1 is 0.829 bits per heavy atom. The van der Waals surface area contributed by atoms with Crippen LogP contribution in [0.1, 0.15) is 59.9 Å². The molecule has 0 bridgehead atoms. The monoisotopic (exact) mass is 580 g/mol. The van der Waals surface area contributed by atoms with E-state index in [-0.39, 0.29) is 54.6 Å². The van der Waals surface area contributed by atoms with E-state index in [2.05, 4.69) is 16.0 Å². The van der Waals surface area contributed by atoms with Crippen molar-refractivity contribution in [1.29, 1.82) is 0 Å². The van der Waals surface area contributed by atoms with Gasteiger partial charge >= 0.3 is 0 Å². The third kappa shape index (κ3) is 8.26. The van der Waals surface area contributed by atoms with E-state index in [1.165, 1.54) is 14.0 Å². The summed E-state index contributed by atoms with van der Waals surface area (Å²) in [4.78, 5) is 77.5. The van der Waals surface area contributed by atoms with E-state index in [9.17, 15) is 28.8 Å². The van der Waals surface area contributed by atoms with Gasteiger partial charge in [-0.15, -0.1) is 0 Å². The molecule has 218 valence electrons. The first-order chi connectivity index (χ1) is 19.5. The predicted molar refractivity (Wildman–Crippen MR) is 156 cm³/mol. The Morgan fingerprint density at radius 3 is 1.95 bits per heavy atom. The lowest BCUT2D eigenvalue weighted by Gasteiger charge is -2.26. The summed E-state index contributed by atoms with van der Waals surface area (Å²) in [5.74, 6) is -2.49. The fourth-order valence-electron chi connectivity index (χ4n) is 4.60. The topological polar surface area (TPSA) is 142 Å². The van der Waals surface area contributed by atoms with Crippen molar-refractivity contribution in [1.82, 2.24) is 20.9 Å². The number of nitrogens with zero attached hydrogens (tertiary/aromatic N) is 1. The van der Waals surface area contributed by atoms with Crippen LogP contribution in [0.5, 0.6) is 0 Å². The summed E-state index contributed by atoms with van der Waals surface area (Å²) >= 11 is 0.834. The minimum atomic E-state index is -0.961. The zero-order chi connectivity index (χ0) is 30.1. The van der Waals surface area contributed by atoms with Gasteiger partial charge in [-0.2, -0.15) is 0 Å². The smallest absolute Gasteiger partial charge is 0.261 e. The van der Waals surface area contributed by atoms with Crippen LogP contribution in [0.4, 0.5) is 0 Å². The average Bonchev–Trinajstić information content (AvgIpc) is 3.19. The number of amides is 5. The number of likely N-dealkylation sites (N-methyl/N-ethyl adjacent to an activating group) is 1. The van der Waals surface area contributed by atoms with Gasteiger partial charge in [0.25, 0.3) is 11.8 Å². The van der Waals surface area contributed by atoms with Crippen molar-refractivity contribution in [2.45, 2.75) is 57.4 Å². The fraction of sp³-hybridized carbons (Fsp3) is 0.400. The molecule has 0 saturated heterocycles. The fourth-order valence-corrected chi connectivity index (χ4v) is 5.46. The van der Waals surface area contributed by atoms with E-state index < -0.39 is 29.1 Å². The lowest BCUT2D eigenvalue weighted by Crippen LogP contribution is -2.56. The molecule has 0 radical (unpaired) electrons. The zero-order valence-corrected chi connectivity index (χ0v) is 24.5. The van der Waals surface area contributed by atoms with Crippen LogP contribution in [0.2, 0.25) is 0 Å². The quantitative estimate of drug-likeness (QED) is 0.309. The first-order valence-electron chi connectivity index (χ1n) is 13.5. The summed E-state index contributed by atoms with van der Waals surface area (Å²) in [5, 5.41) is 6.96. The number of nitrogens with one attached hydrogen (secondary N) is 3. The Morgan fingerprint density at radius 2 is 1.41 bits per heavy atom. The number of hydrogen-bond acceptors (Lipinski definition) is 7. The summed E-state index contributed by atoms with van der Waals surface area (Å²) in [6.07, 6.45) is 0.759. The molecule has 2 aromatic rings. The average molecular weight is 581 g/mol. The van der Waals surface area contributed by atoms with Gasteiger partial charge in [0.15, 0.2) is 5.12 Å².